The van der Waals surface area contributed by atoms with E-state index >= 15 is 0 Å². The SMILES string of the molecule is COc1cc(/C=C(/C#N)c2nc3ccccc3[nH]2)ccc1OC(C)C. The van der Waals surface area contributed by atoms with Crippen molar-refractivity contribution >= 4 is 22.7 Å². The average Bonchev–Trinajstić information content (AvgIpc) is 3.04. The zero-order valence-electron chi connectivity index (χ0n) is 14.4. The highest BCUT2D eigenvalue weighted by atomic mass is 16.5. The van der Waals surface area contributed by atoms with E-state index in [4.69, 9.17) is 9.47 Å². The number of hydrogen-bond donors (Lipinski definition) is 1. The van der Waals surface area contributed by atoms with E-state index in [1.807, 2.05) is 56.3 Å². The van der Waals surface area contributed by atoms with Crippen molar-refractivity contribution in [1.82, 2.24) is 9.97 Å². The van der Waals surface area contributed by atoms with Crippen LogP contribution in [0.2, 0.25) is 0 Å². The Balaban J connectivity index is 1.98. The van der Waals surface area contributed by atoms with E-state index in [2.05, 4.69) is 16.0 Å². The molecule has 0 aliphatic heterocycles. The molecule has 0 fully saturated rings. The van der Waals surface area contributed by atoms with Crippen LogP contribution in [-0.2, 0) is 0 Å². The van der Waals surface area contributed by atoms with E-state index in [9.17, 15) is 5.26 Å². The molecule has 1 aromatic heterocycles. The van der Waals surface area contributed by atoms with Gasteiger partial charge in [0.1, 0.15) is 11.9 Å². The van der Waals surface area contributed by atoms with Crippen LogP contribution >= 0.6 is 0 Å². The van der Waals surface area contributed by atoms with Gasteiger partial charge in [-0.2, -0.15) is 5.26 Å². The lowest BCUT2D eigenvalue weighted by molar-refractivity contribution is 0.230. The quantitative estimate of drug-likeness (QED) is 0.702. The van der Waals surface area contributed by atoms with Crippen molar-refractivity contribution < 1.29 is 9.47 Å². The molecule has 1 heterocycles. The first-order valence-electron chi connectivity index (χ1n) is 8.02. The van der Waals surface area contributed by atoms with Gasteiger partial charge in [0, 0.05) is 0 Å². The topological polar surface area (TPSA) is 70.9 Å². The number of para-hydroxylation sites is 2. The monoisotopic (exact) mass is 333 g/mol. The lowest BCUT2D eigenvalue weighted by Crippen LogP contribution is -2.06. The summed E-state index contributed by atoms with van der Waals surface area (Å²) in [5.74, 6) is 1.85. The first-order valence-corrected chi connectivity index (χ1v) is 8.02. The molecule has 1 N–H and O–H groups in total. The number of allylic oxidation sites excluding steroid dienone is 1. The van der Waals surface area contributed by atoms with Gasteiger partial charge in [0.15, 0.2) is 11.5 Å². The lowest BCUT2D eigenvalue weighted by Gasteiger charge is -2.13. The number of rotatable bonds is 5. The summed E-state index contributed by atoms with van der Waals surface area (Å²) in [5.41, 5.74) is 3.02. The minimum atomic E-state index is 0.0560. The van der Waals surface area contributed by atoms with Crippen LogP contribution in [0, 0.1) is 11.3 Å². The molecule has 0 saturated carbocycles. The zero-order valence-corrected chi connectivity index (χ0v) is 14.4. The Morgan fingerprint density at radius 1 is 1.20 bits per heavy atom. The van der Waals surface area contributed by atoms with Gasteiger partial charge in [-0.15, -0.1) is 0 Å². The van der Waals surface area contributed by atoms with Gasteiger partial charge in [-0.25, -0.2) is 4.98 Å². The van der Waals surface area contributed by atoms with Gasteiger partial charge >= 0.3 is 0 Å². The predicted octanol–water partition coefficient (Wildman–Crippen LogP) is 4.42. The molecule has 0 radical (unpaired) electrons. The predicted molar refractivity (Wildman–Crippen MR) is 98.3 cm³/mol. The van der Waals surface area contributed by atoms with Gasteiger partial charge < -0.3 is 14.5 Å². The van der Waals surface area contributed by atoms with Crippen molar-refractivity contribution in [2.75, 3.05) is 7.11 Å². The third kappa shape index (κ3) is 3.64. The number of fused-ring (bicyclic) bond motifs is 1. The smallest absolute Gasteiger partial charge is 0.161 e. The van der Waals surface area contributed by atoms with Crippen molar-refractivity contribution in [3.05, 3.63) is 53.9 Å². The zero-order chi connectivity index (χ0) is 17.8. The fourth-order valence-electron chi connectivity index (χ4n) is 2.53. The minimum absolute atomic E-state index is 0.0560. The normalized spacial score (nSPS) is 11.6. The largest absolute Gasteiger partial charge is 0.493 e. The summed E-state index contributed by atoms with van der Waals surface area (Å²) in [6.07, 6.45) is 1.83. The molecule has 0 aliphatic carbocycles. The Hall–Kier alpha value is -3.26. The Labute approximate surface area is 146 Å². The molecule has 0 spiro atoms. The summed E-state index contributed by atoms with van der Waals surface area (Å²) < 4.78 is 11.1. The summed E-state index contributed by atoms with van der Waals surface area (Å²) in [5, 5.41) is 9.53. The van der Waals surface area contributed by atoms with Crippen molar-refractivity contribution in [2.24, 2.45) is 0 Å². The minimum Gasteiger partial charge on any atom is -0.493 e. The van der Waals surface area contributed by atoms with Crippen molar-refractivity contribution in [1.29, 1.82) is 5.26 Å². The Kier molecular flexibility index (Phi) is 4.71. The Morgan fingerprint density at radius 3 is 2.68 bits per heavy atom. The van der Waals surface area contributed by atoms with Gasteiger partial charge in [0.2, 0.25) is 0 Å². The van der Waals surface area contributed by atoms with Crippen molar-refractivity contribution in [3.63, 3.8) is 0 Å². The van der Waals surface area contributed by atoms with E-state index < -0.39 is 0 Å². The summed E-state index contributed by atoms with van der Waals surface area (Å²) >= 11 is 0. The van der Waals surface area contributed by atoms with Crippen LogP contribution in [0.15, 0.2) is 42.5 Å². The van der Waals surface area contributed by atoms with Crippen LogP contribution in [0.5, 0.6) is 11.5 Å². The molecule has 3 aromatic rings. The summed E-state index contributed by atoms with van der Waals surface area (Å²) in [6, 6.07) is 15.5. The van der Waals surface area contributed by atoms with Crippen molar-refractivity contribution in [2.45, 2.75) is 20.0 Å². The van der Waals surface area contributed by atoms with E-state index in [-0.39, 0.29) is 6.10 Å². The highest BCUT2D eigenvalue weighted by Crippen LogP contribution is 2.30. The second kappa shape index (κ2) is 7.10. The van der Waals surface area contributed by atoms with Crippen LogP contribution in [-0.4, -0.2) is 23.2 Å². The number of nitrogens with zero attached hydrogens (tertiary/aromatic N) is 2. The Bertz CT molecular complexity index is 931. The second-order valence-corrected chi connectivity index (χ2v) is 5.85. The number of methoxy groups -OCH3 is 1. The molecule has 3 rings (SSSR count). The van der Waals surface area contributed by atoms with Gasteiger partial charge in [-0.05, 0) is 49.8 Å². The molecule has 25 heavy (non-hydrogen) atoms. The molecular weight excluding hydrogens is 314 g/mol. The van der Waals surface area contributed by atoms with Gasteiger partial charge in [0.05, 0.1) is 29.8 Å². The average molecular weight is 333 g/mol. The van der Waals surface area contributed by atoms with Gasteiger partial charge in [0.25, 0.3) is 0 Å². The highest BCUT2D eigenvalue weighted by molar-refractivity contribution is 5.90. The molecular formula is C20H19N3O2. The first kappa shape index (κ1) is 16.6. The van der Waals surface area contributed by atoms with Gasteiger partial charge in [-0.1, -0.05) is 18.2 Å². The molecule has 0 unspecified atom stereocenters. The standard InChI is InChI=1S/C20H19N3O2/c1-13(2)25-18-9-8-14(11-19(18)24-3)10-15(12-21)20-22-16-6-4-5-7-17(16)23-20/h4-11,13H,1-3H3,(H,22,23)/b15-10-. The summed E-state index contributed by atoms with van der Waals surface area (Å²) in [7, 11) is 1.60. The molecule has 126 valence electrons. The summed E-state index contributed by atoms with van der Waals surface area (Å²) in [6.45, 7) is 3.92. The van der Waals surface area contributed by atoms with E-state index in [0.717, 1.165) is 16.6 Å². The Morgan fingerprint density at radius 2 is 2.00 bits per heavy atom. The van der Waals surface area contributed by atoms with Crippen LogP contribution in [0.3, 0.4) is 0 Å². The summed E-state index contributed by atoms with van der Waals surface area (Å²) in [4.78, 5) is 7.65. The fraction of sp³-hybridized carbons (Fsp3) is 0.200. The van der Waals surface area contributed by atoms with Crippen LogP contribution in [0.25, 0.3) is 22.7 Å². The van der Waals surface area contributed by atoms with Crippen LogP contribution in [0.1, 0.15) is 25.2 Å². The lowest BCUT2D eigenvalue weighted by atomic mass is 10.1. The third-order valence-electron chi connectivity index (χ3n) is 3.63. The van der Waals surface area contributed by atoms with E-state index in [1.54, 1.807) is 13.2 Å². The van der Waals surface area contributed by atoms with E-state index in [0.29, 0.717) is 22.9 Å². The van der Waals surface area contributed by atoms with Crippen LogP contribution in [0.4, 0.5) is 0 Å². The third-order valence-corrected chi connectivity index (χ3v) is 3.63. The number of aromatic nitrogens is 2. The molecule has 2 aromatic carbocycles. The number of benzene rings is 2. The maximum atomic E-state index is 9.53. The number of ether oxygens (including phenoxy) is 2. The van der Waals surface area contributed by atoms with E-state index in [1.165, 1.54) is 0 Å². The molecule has 0 atom stereocenters. The maximum Gasteiger partial charge on any atom is 0.161 e. The molecule has 0 aliphatic rings. The number of imidazole rings is 1. The molecule has 5 heteroatoms. The molecule has 0 saturated heterocycles. The first-order chi connectivity index (χ1) is 12.1. The molecule has 0 bridgehead atoms. The highest BCUT2D eigenvalue weighted by Gasteiger charge is 2.10. The second-order valence-electron chi connectivity index (χ2n) is 5.85. The number of H-pyrrole nitrogens is 1. The maximum absolute atomic E-state index is 9.53. The number of nitrogens with one attached hydrogen (secondary N) is 1. The number of nitriles is 1. The van der Waals surface area contributed by atoms with Crippen LogP contribution < -0.4 is 9.47 Å². The molecule has 0 amide bonds. The number of hydrogen-bond acceptors (Lipinski definition) is 4. The number of aromatic amines is 1. The van der Waals surface area contributed by atoms with Crippen molar-refractivity contribution in [3.8, 4) is 17.6 Å². The fourth-order valence-corrected chi connectivity index (χ4v) is 2.53. The van der Waals surface area contributed by atoms with Gasteiger partial charge in [-0.3, -0.25) is 0 Å². The molecule has 5 nitrogen and oxygen atoms in total.